The van der Waals surface area contributed by atoms with Crippen LogP contribution in [0.25, 0.3) is 0 Å². The van der Waals surface area contributed by atoms with Crippen molar-refractivity contribution in [1.29, 1.82) is 0 Å². The number of amides is 2. The maximum Gasteiger partial charge on any atom is 0.274 e. The number of aryl methyl sites for hydroxylation is 1. The minimum Gasteiger partial charge on any atom is -0.334 e. The Morgan fingerprint density at radius 3 is 2.04 bits per heavy atom. The Labute approximate surface area is 143 Å². The minimum absolute atomic E-state index is 0.0300. The van der Waals surface area contributed by atoms with Crippen molar-refractivity contribution in [3.8, 4) is 0 Å². The zero-order chi connectivity index (χ0) is 18.8. The number of anilines is 1. The van der Waals surface area contributed by atoms with E-state index in [1.807, 2.05) is 27.7 Å². The smallest absolute Gasteiger partial charge is 0.274 e. The van der Waals surface area contributed by atoms with Crippen molar-refractivity contribution in [2.24, 2.45) is 12.5 Å². The summed E-state index contributed by atoms with van der Waals surface area (Å²) < 4.78 is 1.32. The number of carbonyl (C=O) groups is 2. The maximum absolute atomic E-state index is 12.8. The number of aromatic nitrogens is 1. The molecule has 0 fully saturated rings. The van der Waals surface area contributed by atoms with E-state index >= 15 is 0 Å². The predicted molar refractivity (Wildman–Crippen MR) is 96.2 cm³/mol. The molecule has 0 aliphatic carbocycles. The molecular formula is C18H29N3O3. The lowest BCUT2D eigenvalue weighted by Crippen LogP contribution is -2.42. The van der Waals surface area contributed by atoms with Crippen molar-refractivity contribution >= 4 is 17.5 Å². The van der Waals surface area contributed by atoms with Gasteiger partial charge >= 0.3 is 0 Å². The van der Waals surface area contributed by atoms with Gasteiger partial charge in [-0.2, -0.15) is 0 Å². The average Bonchev–Trinajstić information content (AvgIpc) is 2.41. The van der Waals surface area contributed by atoms with Crippen molar-refractivity contribution in [3.63, 3.8) is 0 Å². The summed E-state index contributed by atoms with van der Waals surface area (Å²) >= 11 is 0. The van der Waals surface area contributed by atoms with Gasteiger partial charge in [-0.1, -0.05) is 20.8 Å². The van der Waals surface area contributed by atoms with Crippen LogP contribution in [0.3, 0.4) is 0 Å². The zero-order valence-electron chi connectivity index (χ0n) is 15.9. The van der Waals surface area contributed by atoms with Crippen LogP contribution in [0.5, 0.6) is 0 Å². The highest BCUT2D eigenvalue weighted by molar-refractivity contribution is 5.98. The van der Waals surface area contributed by atoms with Gasteiger partial charge < -0.3 is 14.8 Å². The van der Waals surface area contributed by atoms with Crippen LogP contribution in [-0.2, 0) is 11.8 Å². The summed E-state index contributed by atoms with van der Waals surface area (Å²) in [5, 5.41) is 2.64. The second-order valence-corrected chi connectivity index (χ2v) is 7.66. The lowest BCUT2D eigenvalue weighted by Gasteiger charge is -2.31. The molecule has 1 N–H and O–H groups in total. The van der Waals surface area contributed by atoms with Crippen LogP contribution in [0.2, 0.25) is 0 Å². The van der Waals surface area contributed by atoms with Crippen LogP contribution in [0.4, 0.5) is 5.69 Å². The van der Waals surface area contributed by atoms with E-state index in [0.29, 0.717) is 5.56 Å². The van der Waals surface area contributed by atoms with Crippen molar-refractivity contribution in [3.05, 3.63) is 28.2 Å². The highest BCUT2D eigenvalue weighted by Crippen LogP contribution is 2.18. The van der Waals surface area contributed by atoms with Gasteiger partial charge in [-0.15, -0.1) is 0 Å². The monoisotopic (exact) mass is 335 g/mol. The van der Waals surface area contributed by atoms with Gasteiger partial charge in [-0.25, -0.2) is 0 Å². The van der Waals surface area contributed by atoms with E-state index in [0.717, 1.165) is 0 Å². The van der Waals surface area contributed by atoms with Gasteiger partial charge in [0.25, 0.3) is 11.5 Å². The molecule has 0 aromatic carbocycles. The van der Waals surface area contributed by atoms with E-state index in [2.05, 4.69) is 5.32 Å². The molecule has 0 unspecified atom stereocenters. The lowest BCUT2D eigenvalue weighted by molar-refractivity contribution is -0.123. The van der Waals surface area contributed by atoms with Crippen LogP contribution in [-0.4, -0.2) is 33.4 Å². The Morgan fingerprint density at radius 2 is 1.62 bits per heavy atom. The van der Waals surface area contributed by atoms with Gasteiger partial charge in [0.2, 0.25) is 5.91 Å². The number of carbonyl (C=O) groups excluding carboxylic acids is 2. The third-order valence-electron chi connectivity index (χ3n) is 3.71. The summed E-state index contributed by atoms with van der Waals surface area (Å²) in [6.07, 6.45) is 1.51. The van der Waals surface area contributed by atoms with Crippen LogP contribution < -0.4 is 10.9 Å². The SMILES string of the molecule is CC(C)N(C(=O)c1cc(NC(=O)C(C)(C)C)c(=O)n(C)c1)C(C)C. The fourth-order valence-electron chi connectivity index (χ4n) is 2.44. The fourth-order valence-corrected chi connectivity index (χ4v) is 2.44. The average molecular weight is 335 g/mol. The molecule has 24 heavy (non-hydrogen) atoms. The Morgan fingerprint density at radius 1 is 1.12 bits per heavy atom. The third kappa shape index (κ3) is 4.46. The molecule has 0 saturated heterocycles. The molecule has 2 amide bonds. The molecule has 0 spiro atoms. The van der Waals surface area contributed by atoms with Crippen LogP contribution in [0, 0.1) is 5.41 Å². The van der Waals surface area contributed by atoms with Crippen molar-refractivity contribution in [1.82, 2.24) is 9.47 Å². The van der Waals surface area contributed by atoms with Crippen molar-refractivity contribution < 1.29 is 9.59 Å². The van der Waals surface area contributed by atoms with Gasteiger partial charge in [0, 0.05) is 30.7 Å². The number of pyridine rings is 1. The second kappa shape index (κ2) is 7.20. The Balaban J connectivity index is 3.31. The van der Waals surface area contributed by atoms with Crippen LogP contribution in [0.15, 0.2) is 17.1 Å². The number of nitrogens with one attached hydrogen (secondary N) is 1. The van der Waals surface area contributed by atoms with E-state index < -0.39 is 5.41 Å². The van der Waals surface area contributed by atoms with Gasteiger partial charge in [0.05, 0.1) is 5.56 Å². The molecular weight excluding hydrogens is 306 g/mol. The van der Waals surface area contributed by atoms with E-state index in [4.69, 9.17) is 0 Å². The molecule has 0 aliphatic heterocycles. The van der Waals surface area contributed by atoms with Crippen molar-refractivity contribution in [2.45, 2.75) is 60.5 Å². The fraction of sp³-hybridized carbons (Fsp3) is 0.611. The molecule has 0 saturated carbocycles. The Bertz CT molecular complexity index is 674. The van der Waals surface area contributed by atoms with Gasteiger partial charge in [0.15, 0.2) is 0 Å². The Kier molecular flexibility index (Phi) is 5.98. The first kappa shape index (κ1) is 19.9. The molecule has 134 valence electrons. The quantitative estimate of drug-likeness (QED) is 0.919. The zero-order valence-corrected chi connectivity index (χ0v) is 15.9. The molecule has 1 heterocycles. The highest BCUT2D eigenvalue weighted by atomic mass is 16.2. The minimum atomic E-state index is -0.632. The first-order valence-corrected chi connectivity index (χ1v) is 8.21. The predicted octanol–water partition coefficient (Wildman–Crippen LogP) is 2.63. The van der Waals surface area contributed by atoms with E-state index in [1.165, 1.54) is 16.8 Å². The first-order valence-electron chi connectivity index (χ1n) is 8.21. The molecule has 1 rings (SSSR count). The van der Waals surface area contributed by atoms with Gasteiger partial charge in [0.1, 0.15) is 5.69 Å². The third-order valence-corrected chi connectivity index (χ3v) is 3.71. The topological polar surface area (TPSA) is 71.4 Å². The summed E-state index contributed by atoms with van der Waals surface area (Å²) in [5.74, 6) is -0.435. The standard InChI is InChI=1S/C18H29N3O3/c1-11(2)21(12(3)4)15(22)13-9-14(16(23)20(8)10-13)19-17(24)18(5,6)7/h9-12H,1-8H3,(H,19,24). The summed E-state index contributed by atoms with van der Waals surface area (Å²) in [6, 6.07) is 1.52. The van der Waals surface area contributed by atoms with E-state index in [9.17, 15) is 14.4 Å². The molecule has 1 aromatic heterocycles. The number of rotatable bonds is 4. The van der Waals surface area contributed by atoms with E-state index in [1.54, 1.807) is 32.7 Å². The molecule has 0 bridgehead atoms. The van der Waals surface area contributed by atoms with Gasteiger partial charge in [-0.3, -0.25) is 14.4 Å². The lowest BCUT2D eigenvalue weighted by atomic mass is 9.95. The molecule has 6 heteroatoms. The van der Waals surface area contributed by atoms with Crippen LogP contribution in [0.1, 0.15) is 58.8 Å². The first-order chi connectivity index (χ1) is 10.9. The molecule has 0 atom stereocenters. The summed E-state index contributed by atoms with van der Waals surface area (Å²) in [5.41, 5.74) is -0.475. The molecule has 1 aromatic rings. The maximum atomic E-state index is 12.8. The largest absolute Gasteiger partial charge is 0.334 e. The number of hydrogen-bond acceptors (Lipinski definition) is 3. The molecule has 0 radical (unpaired) electrons. The summed E-state index contributed by atoms with van der Waals surface area (Å²) in [4.78, 5) is 39.0. The highest BCUT2D eigenvalue weighted by Gasteiger charge is 2.25. The summed E-state index contributed by atoms with van der Waals surface area (Å²) in [6.45, 7) is 13.1. The number of nitrogens with zero attached hydrogens (tertiary/aromatic N) is 2. The van der Waals surface area contributed by atoms with Crippen molar-refractivity contribution in [2.75, 3.05) is 5.32 Å². The normalized spacial score (nSPS) is 11.8. The second-order valence-electron chi connectivity index (χ2n) is 7.66. The summed E-state index contributed by atoms with van der Waals surface area (Å²) in [7, 11) is 1.57. The molecule has 0 aliphatic rings. The van der Waals surface area contributed by atoms with Crippen LogP contribution >= 0.6 is 0 Å². The van der Waals surface area contributed by atoms with Gasteiger partial charge in [-0.05, 0) is 33.8 Å². The molecule has 6 nitrogen and oxygen atoms in total. The Hall–Kier alpha value is -2.11. The number of hydrogen-bond donors (Lipinski definition) is 1. The van der Waals surface area contributed by atoms with E-state index in [-0.39, 0.29) is 35.1 Å².